The summed E-state index contributed by atoms with van der Waals surface area (Å²) in [6.45, 7) is 15.8. The third-order valence-corrected chi connectivity index (χ3v) is 7.83. The minimum absolute atomic E-state index is 0.00578. The number of hydrogen-bond donors (Lipinski definition) is 1. The van der Waals surface area contributed by atoms with Gasteiger partial charge >= 0.3 is 6.18 Å². The molecule has 0 fully saturated rings. The van der Waals surface area contributed by atoms with Gasteiger partial charge in [0, 0.05) is 5.92 Å². The van der Waals surface area contributed by atoms with Crippen LogP contribution in [0.3, 0.4) is 0 Å². The molecule has 2 aromatic rings. The number of ether oxygens (including phenoxy) is 1. The SMILES string of the molecule is COc1ccc(C(C)(C)CC(C)(C)C)cc1SC1C(=O)N(c2cc(C(F)(F)F)ccc2C)N=C1NC(=O)C(C)C. The number of rotatable bonds is 7. The van der Waals surface area contributed by atoms with E-state index in [1.54, 1.807) is 20.8 Å². The third kappa shape index (κ3) is 7.19. The lowest BCUT2D eigenvalue weighted by atomic mass is 9.72. The van der Waals surface area contributed by atoms with Crippen LogP contribution < -0.4 is 15.1 Å². The first kappa shape index (κ1) is 31.5. The number of alkyl halides is 3. The van der Waals surface area contributed by atoms with E-state index in [2.05, 4.69) is 45.0 Å². The van der Waals surface area contributed by atoms with Crippen molar-refractivity contribution in [1.29, 1.82) is 0 Å². The molecule has 0 aromatic heterocycles. The van der Waals surface area contributed by atoms with Crippen LogP contribution in [0, 0.1) is 18.3 Å². The van der Waals surface area contributed by atoms with E-state index in [1.807, 2.05) is 18.2 Å². The number of thioether (sulfide) groups is 1. The first-order valence-electron chi connectivity index (χ1n) is 13.1. The number of nitrogens with one attached hydrogen (secondary N) is 1. The van der Waals surface area contributed by atoms with Gasteiger partial charge in [-0.1, -0.05) is 60.6 Å². The zero-order chi connectivity index (χ0) is 30.2. The molecule has 0 saturated carbocycles. The minimum Gasteiger partial charge on any atom is -0.496 e. The average molecular weight is 578 g/mol. The van der Waals surface area contributed by atoms with Crippen LogP contribution >= 0.6 is 11.8 Å². The molecule has 1 unspecified atom stereocenters. The number of carbonyl (C=O) groups is 2. The van der Waals surface area contributed by atoms with Gasteiger partial charge in [0.05, 0.1) is 23.3 Å². The van der Waals surface area contributed by atoms with E-state index in [4.69, 9.17) is 4.74 Å². The predicted molar refractivity (Wildman–Crippen MR) is 154 cm³/mol. The number of halogens is 3. The van der Waals surface area contributed by atoms with Crippen molar-refractivity contribution in [3.8, 4) is 5.75 Å². The molecule has 0 spiro atoms. The second-order valence-electron chi connectivity index (χ2n) is 12.3. The molecule has 6 nitrogen and oxygen atoms in total. The summed E-state index contributed by atoms with van der Waals surface area (Å²) < 4.78 is 46.1. The largest absolute Gasteiger partial charge is 0.496 e. The molecule has 1 aliphatic heterocycles. The normalized spacial score (nSPS) is 16.4. The molecule has 3 rings (SSSR count). The number of anilines is 1. The molecule has 0 aliphatic carbocycles. The number of amidine groups is 1. The molecule has 1 aliphatic rings. The molecule has 218 valence electrons. The molecule has 1 atom stereocenters. The smallest absolute Gasteiger partial charge is 0.416 e. The second kappa shape index (κ2) is 11.5. The molecular formula is C30H38F3N3O3S. The Morgan fingerprint density at radius 2 is 1.70 bits per heavy atom. The summed E-state index contributed by atoms with van der Waals surface area (Å²) in [5.74, 6) is -0.716. The van der Waals surface area contributed by atoms with Gasteiger partial charge in [0.15, 0.2) is 11.1 Å². The van der Waals surface area contributed by atoms with E-state index < -0.39 is 28.8 Å². The maximum atomic E-state index is 13.8. The van der Waals surface area contributed by atoms with E-state index in [1.165, 1.54) is 13.2 Å². The average Bonchev–Trinajstić information content (AvgIpc) is 3.11. The summed E-state index contributed by atoms with van der Waals surface area (Å²) in [6, 6.07) is 8.99. The fourth-order valence-electron chi connectivity index (χ4n) is 4.84. The molecule has 0 bridgehead atoms. The molecule has 1 N–H and O–H groups in total. The van der Waals surface area contributed by atoms with Crippen LogP contribution in [0.2, 0.25) is 0 Å². The van der Waals surface area contributed by atoms with Gasteiger partial charge in [-0.15, -0.1) is 16.9 Å². The molecular weight excluding hydrogens is 539 g/mol. The van der Waals surface area contributed by atoms with Gasteiger partial charge in [0.25, 0.3) is 5.91 Å². The van der Waals surface area contributed by atoms with Crippen LogP contribution in [-0.4, -0.2) is 30.0 Å². The van der Waals surface area contributed by atoms with E-state index in [0.29, 0.717) is 16.2 Å². The fourth-order valence-corrected chi connectivity index (χ4v) is 5.97. The summed E-state index contributed by atoms with van der Waals surface area (Å²) in [7, 11) is 1.53. The Labute approximate surface area is 238 Å². The highest BCUT2D eigenvalue weighted by atomic mass is 32.2. The molecule has 40 heavy (non-hydrogen) atoms. The maximum absolute atomic E-state index is 13.8. The van der Waals surface area contributed by atoms with Crippen molar-refractivity contribution in [2.45, 2.75) is 83.5 Å². The lowest BCUT2D eigenvalue weighted by Gasteiger charge is -2.33. The molecule has 0 radical (unpaired) electrons. The number of methoxy groups -OCH3 is 1. The standard InChI is InChI=1S/C30H38F3N3O3S/c1-17(2)26(37)34-25-24(27(38)36(35-25)21-14-20(30(31,32)33)11-10-18(21)3)40-23-15-19(12-13-22(23)39-9)29(7,8)16-28(4,5)6/h10-15,17,24H,16H2,1-9H3,(H,34,35,37). The Kier molecular flexibility index (Phi) is 9.03. The summed E-state index contributed by atoms with van der Waals surface area (Å²) in [4.78, 5) is 27.1. The number of hydrogen-bond acceptors (Lipinski definition) is 5. The quantitative estimate of drug-likeness (QED) is 0.374. The van der Waals surface area contributed by atoms with Crippen LogP contribution in [0.15, 0.2) is 46.4 Å². The second-order valence-corrected chi connectivity index (χ2v) is 13.4. The van der Waals surface area contributed by atoms with Gasteiger partial charge in [-0.25, -0.2) is 0 Å². The molecule has 2 amide bonds. The number of amides is 2. The number of aryl methyl sites for hydroxylation is 1. The third-order valence-electron chi connectivity index (χ3n) is 6.59. The fraction of sp³-hybridized carbons (Fsp3) is 0.500. The maximum Gasteiger partial charge on any atom is 0.416 e. The summed E-state index contributed by atoms with van der Waals surface area (Å²) in [5.41, 5.74) is 0.480. The Morgan fingerprint density at radius 1 is 1.07 bits per heavy atom. The molecule has 0 saturated heterocycles. The molecule has 10 heteroatoms. The van der Waals surface area contributed by atoms with E-state index in [0.717, 1.165) is 40.9 Å². The Bertz CT molecular complexity index is 1310. The van der Waals surface area contributed by atoms with Crippen LogP contribution in [0.25, 0.3) is 0 Å². The zero-order valence-electron chi connectivity index (χ0n) is 24.5. The van der Waals surface area contributed by atoms with Crippen LogP contribution in [-0.2, 0) is 21.2 Å². The van der Waals surface area contributed by atoms with Crippen molar-refractivity contribution >= 4 is 35.1 Å². The van der Waals surface area contributed by atoms with Gasteiger partial charge < -0.3 is 10.1 Å². The van der Waals surface area contributed by atoms with Crippen molar-refractivity contribution < 1.29 is 27.5 Å². The van der Waals surface area contributed by atoms with Crippen LogP contribution in [0.4, 0.5) is 18.9 Å². The van der Waals surface area contributed by atoms with Crippen molar-refractivity contribution in [3.63, 3.8) is 0 Å². The highest BCUT2D eigenvalue weighted by Gasteiger charge is 2.41. The Hall–Kier alpha value is -3.01. The predicted octanol–water partition coefficient (Wildman–Crippen LogP) is 7.33. The van der Waals surface area contributed by atoms with Crippen molar-refractivity contribution in [2.75, 3.05) is 12.1 Å². The number of hydrazone groups is 1. The topological polar surface area (TPSA) is 71.0 Å². The summed E-state index contributed by atoms with van der Waals surface area (Å²) in [5, 5.41) is 7.01. The van der Waals surface area contributed by atoms with Crippen molar-refractivity contribution in [2.24, 2.45) is 16.4 Å². The highest BCUT2D eigenvalue weighted by molar-refractivity contribution is 8.01. The van der Waals surface area contributed by atoms with E-state index in [-0.39, 0.29) is 28.3 Å². The Morgan fingerprint density at radius 3 is 2.25 bits per heavy atom. The van der Waals surface area contributed by atoms with Crippen molar-refractivity contribution in [1.82, 2.24) is 5.32 Å². The van der Waals surface area contributed by atoms with Gasteiger partial charge in [-0.05, 0) is 59.6 Å². The van der Waals surface area contributed by atoms with Gasteiger partial charge in [0.2, 0.25) is 5.91 Å². The number of nitrogens with zero attached hydrogens (tertiary/aromatic N) is 2. The highest BCUT2D eigenvalue weighted by Crippen LogP contribution is 2.43. The summed E-state index contributed by atoms with van der Waals surface area (Å²) in [6.07, 6.45) is -3.69. The molecule has 2 aromatic carbocycles. The summed E-state index contributed by atoms with van der Waals surface area (Å²) >= 11 is 1.15. The first-order valence-corrected chi connectivity index (χ1v) is 14.0. The van der Waals surface area contributed by atoms with Crippen molar-refractivity contribution in [3.05, 3.63) is 53.1 Å². The van der Waals surface area contributed by atoms with Gasteiger partial charge in [-0.2, -0.15) is 18.2 Å². The lowest BCUT2D eigenvalue weighted by Crippen LogP contribution is -2.40. The lowest BCUT2D eigenvalue weighted by molar-refractivity contribution is -0.137. The van der Waals surface area contributed by atoms with Crippen LogP contribution in [0.1, 0.15) is 71.6 Å². The Balaban J connectivity index is 2.07. The van der Waals surface area contributed by atoms with Gasteiger partial charge in [-0.3, -0.25) is 9.59 Å². The minimum atomic E-state index is -4.59. The first-order chi connectivity index (χ1) is 18.3. The van der Waals surface area contributed by atoms with E-state index >= 15 is 0 Å². The monoisotopic (exact) mass is 577 g/mol. The van der Waals surface area contributed by atoms with Crippen LogP contribution in [0.5, 0.6) is 5.75 Å². The van der Waals surface area contributed by atoms with E-state index in [9.17, 15) is 22.8 Å². The number of benzene rings is 2. The zero-order valence-corrected chi connectivity index (χ0v) is 25.3. The molecule has 1 heterocycles. The number of carbonyl (C=O) groups excluding carboxylic acids is 2. The van der Waals surface area contributed by atoms with Gasteiger partial charge in [0.1, 0.15) is 5.75 Å².